The third kappa shape index (κ3) is 4.70. The number of carbonyl (C=O) groups is 1. The van der Waals surface area contributed by atoms with Crippen molar-refractivity contribution in [3.8, 4) is 5.75 Å². The van der Waals surface area contributed by atoms with Gasteiger partial charge in [0, 0.05) is 12.2 Å². The number of anilines is 1. The molecule has 0 aliphatic heterocycles. The minimum absolute atomic E-state index is 0.381. The van der Waals surface area contributed by atoms with Gasteiger partial charge in [0.1, 0.15) is 5.75 Å². The van der Waals surface area contributed by atoms with Crippen LogP contribution in [0.3, 0.4) is 0 Å². The lowest BCUT2D eigenvalue weighted by atomic mass is 10.1. The van der Waals surface area contributed by atoms with E-state index in [0.717, 1.165) is 22.6 Å². The maximum atomic E-state index is 11.6. The lowest BCUT2D eigenvalue weighted by Crippen LogP contribution is -2.28. The van der Waals surface area contributed by atoms with Crippen LogP contribution in [0.5, 0.6) is 5.75 Å². The predicted molar refractivity (Wildman–Crippen MR) is 98.6 cm³/mol. The highest BCUT2D eigenvalue weighted by molar-refractivity contribution is 7.80. The zero-order valence-corrected chi connectivity index (χ0v) is 14.7. The van der Waals surface area contributed by atoms with Gasteiger partial charge in [-0.25, -0.2) is 4.79 Å². The van der Waals surface area contributed by atoms with Gasteiger partial charge in [-0.2, -0.15) is 0 Å². The van der Waals surface area contributed by atoms with Crippen LogP contribution in [0.1, 0.15) is 21.5 Å². The molecule has 0 spiro atoms. The number of hydrogen-bond donors (Lipinski definition) is 2. The zero-order valence-electron chi connectivity index (χ0n) is 13.9. The van der Waals surface area contributed by atoms with Gasteiger partial charge < -0.3 is 20.1 Å². The first-order chi connectivity index (χ1) is 11.5. The van der Waals surface area contributed by atoms with E-state index >= 15 is 0 Å². The van der Waals surface area contributed by atoms with Gasteiger partial charge in [0.15, 0.2) is 5.11 Å². The Morgan fingerprint density at radius 3 is 2.67 bits per heavy atom. The van der Waals surface area contributed by atoms with E-state index in [2.05, 4.69) is 10.6 Å². The molecule has 24 heavy (non-hydrogen) atoms. The minimum Gasteiger partial charge on any atom is -0.497 e. The van der Waals surface area contributed by atoms with E-state index in [1.165, 1.54) is 7.11 Å². The van der Waals surface area contributed by atoms with Crippen LogP contribution in [-0.2, 0) is 11.3 Å². The molecule has 0 fully saturated rings. The number of rotatable bonds is 5. The lowest BCUT2D eigenvalue weighted by Gasteiger charge is -2.14. The topological polar surface area (TPSA) is 59.6 Å². The zero-order chi connectivity index (χ0) is 17.5. The Hall–Kier alpha value is -2.60. The Kier molecular flexibility index (Phi) is 6.14. The van der Waals surface area contributed by atoms with E-state index in [4.69, 9.17) is 21.7 Å². The van der Waals surface area contributed by atoms with E-state index in [1.807, 2.05) is 37.3 Å². The highest BCUT2D eigenvalue weighted by atomic mass is 32.1. The van der Waals surface area contributed by atoms with Gasteiger partial charge in [-0.05, 0) is 54.5 Å². The fourth-order valence-electron chi connectivity index (χ4n) is 2.13. The highest BCUT2D eigenvalue weighted by Gasteiger charge is 2.09. The number of methoxy groups -OCH3 is 2. The molecule has 0 atom stereocenters. The second kappa shape index (κ2) is 8.31. The third-order valence-corrected chi connectivity index (χ3v) is 3.74. The second-order valence-corrected chi connectivity index (χ2v) is 5.59. The first-order valence-corrected chi connectivity index (χ1v) is 7.81. The summed E-state index contributed by atoms with van der Waals surface area (Å²) in [5, 5.41) is 6.72. The molecule has 0 aliphatic carbocycles. The van der Waals surface area contributed by atoms with Crippen LogP contribution >= 0.6 is 12.2 Å². The van der Waals surface area contributed by atoms with Crippen molar-refractivity contribution in [2.45, 2.75) is 13.5 Å². The van der Waals surface area contributed by atoms with Crippen molar-refractivity contribution in [2.75, 3.05) is 19.5 Å². The van der Waals surface area contributed by atoms with Crippen molar-refractivity contribution in [2.24, 2.45) is 0 Å². The SMILES string of the molecule is COC(=O)c1ccc(C)c(NC(=S)NCc2cccc(OC)c2)c1. The maximum absolute atomic E-state index is 11.6. The standard InChI is InChI=1S/C18H20N2O3S/c1-12-7-8-14(17(21)23-3)10-16(12)20-18(24)19-11-13-5-4-6-15(9-13)22-2/h4-10H,11H2,1-3H3,(H2,19,20,24). The van der Waals surface area contributed by atoms with Crippen molar-refractivity contribution in [1.29, 1.82) is 0 Å². The summed E-state index contributed by atoms with van der Waals surface area (Å²) < 4.78 is 9.94. The van der Waals surface area contributed by atoms with E-state index in [9.17, 15) is 4.79 Å². The van der Waals surface area contributed by atoms with Crippen molar-refractivity contribution < 1.29 is 14.3 Å². The van der Waals surface area contributed by atoms with Crippen LogP contribution in [0.15, 0.2) is 42.5 Å². The first-order valence-electron chi connectivity index (χ1n) is 7.40. The Morgan fingerprint density at radius 1 is 1.17 bits per heavy atom. The normalized spacial score (nSPS) is 9.96. The molecule has 0 heterocycles. The number of nitrogens with one attached hydrogen (secondary N) is 2. The summed E-state index contributed by atoms with van der Waals surface area (Å²) in [4.78, 5) is 11.6. The Labute approximate surface area is 147 Å². The summed E-state index contributed by atoms with van der Waals surface area (Å²) in [7, 11) is 2.99. The lowest BCUT2D eigenvalue weighted by molar-refractivity contribution is 0.0601. The Bertz CT molecular complexity index is 747. The van der Waals surface area contributed by atoms with Crippen LogP contribution in [0, 0.1) is 6.92 Å². The third-order valence-electron chi connectivity index (χ3n) is 3.49. The van der Waals surface area contributed by atoms with Crippen LogP contribution in [0.4, 0.5) is 5.69 Å². The van der Waals surface area contributed by atoms with E-state index in [1.54, 1.807) is 19.2 Å². The largest absolute Gasteiger partial charge is 0.497 e. The van der Waals surface area contributed by atoms with Crippen molar-refractivity contribution in [1.82, 2.24) is 5.32 Å². The molecule has 6 heteroatoms. The monoisotopic (exact) mass is 344 g/mol. The molecular formula is C18H20N2O3S. The second-order valence-electron chi connectivity index (χ2n) is 5.18. The number of carbonyl (C=O) groups excluding carboxylic acids is 1. The van der Waals surface area contributed by atoms with Crippen molar-refractivity contribution >= 4 is 29.0 Å². The Balaban J connectivity index is 2.00. The number of benzene rings is 2. The van der Waals surface area contributed by atoms with Gasteiger partial charge in [-0.1, -0.05) is 18.2 Å². The predicted octanol–water partition coefficient (Wildman–Crippen LogP) is 3.28. The summed E-state index contributed by atoms with van der Waals surface area (Å²) in [5.41, 5.74) is 3.27. The summed E-state index contributed by atoms with van der Waals surface area (Å²) >= 11 is 5.32. The average molecular weight is 344 g/mol. The summed E-state index contributed by atoms with van der Waals surface area (Å²) in [5.74, 6) is 0.420. The summed E-state index contributed by atoms with van der Waals surface area (Å²) in [6.45, 7) is 2.51. The fourth-order valence-corrected chi connectivity index (χ4v) is 2.31. The fraction of sp³-hybridized carbons (Fsp3) is 0.222. The van der Waals surface area contributed by atoms with Gasteiger partial charge >= 0.3 is 5.97 Å². The summed E-state index contributed by atoms with van der Waals surface area (Å²) in [6, 6.07) is 13.0. The molecular weight excluding hydrogens is 324 g/mol. The minimum atomic E-state index is -0.381. The highest BCUT2D eigenvalue weighted by Crippen LogP contribution is 2.18. The molecule has 0 aromatic heterocycles. The molecule has 126 valence electrons. The van der Waals surface area contributed by atoms with Crippen LogP contribution in [0.25, 0.3) is 0 Å². The van der Waals surface area contributed by atoms with Gasteiger partial charge in [-0.3, -0.25) is 0 Å². The Morgan fingerprint density at radius 2 is 1.96 bits per heavy atom. The van der Waals surface area contributed by atoms with Crippen LogP contribution < -0.4 is 15.4 Å². The van der Waals surface area contributed by atoms with Crippen LogP contribution in [-0.4, -0.2) is 25.3 Å². The molecule has 2 aromatic carbocycles. The van der Waals surface area contributed by atoms with Gasteiger partial charge in [0.05, 0.1) is 19.8 Å². The van der Waals surface area contributed by atoms with E-state index < -0.39 is 0 Å². The van der Waals surface area contributed by atoms with Crippen LogP contribution in [0.2, 0.25) is 0 Å². The van der Waals surface area contributed by atoms with Crippen molar-refractivity contribution in [3.05, 3.63) is 59.2 Å². The molecule has 0 saturated heterocycles. The molecule has 0 aliphatic rings. The number of esters is 1. The first kappa shape index (κ1) is 17.7. The van der Waals surface area contributed by atoms with Gasteiger partial charge in [0.2, 0.25) is 0 Å². The molecule has 5 nitrogen and oxygen atoms in total. The average Bonchev–Trinajstić information content (AvgIpc) is 2.61. The molecule has 0 bridgehead atoms. The van der Waals surface area contributed by atoms with E-state index in [-0.39, 0.29) is 5.97 Å². The molecule has 0 saturated carbocycles. The molecule has 0 unspecified atom stereocenters. The number of hydrogen-bond acceptors (Lipinski definition) is 4. The molecule has 0 radical (unpaired) electrons. The van der Waals surface area contributed by atoms with E-state index in [0.29, 0.717) is 17.2 Å². The van der Waals surface area contributed by atoms with Crippen molar-refractivity contribution in [3.63, 3.8) is 0 Å². The smallest absolute Gasteiger partial charge is 0.337 e. The number of ether oxygens (including phenoxy) is 2. The quantitative estimate of drug-likeness (QED) is 0.641. The maximum Gasteiger partial charge on any atom is 0.337 e. The molecule has 2 rings (SSSR count). The number of thiocarbonyl (C=S) groups is 1. The van der Waals surface area contributed by atoms with Gasteiger partial charge in [0.25, 0.3) is 0 Å². The molecule has 0 amide bonds. The summed E-state index contributed by atoms with van der Waals surface area (Å²) in [6.07, 6.45) is 0. The molecule has 2 aromatic rings. The van der Waals surface area contributed by atoms with Gasteiger partial charge in [-0.15, -0.1) is 0 Å². The number of aryl methyl sites for hydroxylation is 1. The molecule has 2 N–H and O–H groups in total.